The summed E-state index contributed by atoms with van der Waals surface area (Å²) in [5.74, 6) is 0.612. The number of oxazole rings is 1. The van der Waals surface area contributed by atoms with Crippen LogP contribution in [0.25, 0.3) is 75.8 Å². The van der Waals surface area contributed by atoms with Crippen molar-refractivity contribution in [2.24, 2.45) is 0 Å². The second-order valence-corrected chi connectivity index (χ2v) is 13.0. The van der Waals surface area contributed by atoms with Gasteiger partial charge in [-0.05, 0) is 59.7 Å². The number of fused-ring (bicyclic) bond motifs is 8. The second-order valence-electron chi connectivity index (χ2n) is 11.9. The van der Waals surface area contributed by atoms with E-state index in [1.807, 2.05) is 42.5 Å². The van der Waals surface area contributed by atoms with Crippen LogP contribution in [0.1, 0.15) is 0 Å². The lowest BCUT2D eigenvalue weighted by atomic mass is 10.0. The molecule has 0 unspecified atom stereocenters. The first-order valence-electron chi connectivity index (χ1n) is 16.0. The molecular formula is C43H26N2O2S. The number of furan rings is 1. The summed E-state index contributed by atoms with van der Waals surface area (Å²) in [6.07, 6.45) is 0. The molecule has 0 bridgehead atoms. The van der Waals surface area contributed by atoms with Crippen LogP contribution in [-0.2, 0) is 0 Å². The van der Waals surface area contributed by atoms with Crippen LogP contribution in [0, 0.1) is 0 Å². The van der Waals surface area contributed by atoms with E-state index >= 15 is 0 Å². The van der Waals surface area contributed by atoms with Crippen molar-refractivity contribution in [3.05, 3.63) is 158 Å². The van der Waals surface area contributed by atoms with Crippen molar-refractivity contribution in [3.63, 3.8) is 0 Å². The molecule has 0 atom stereocenters. The number of thiophene rings is 1. The minimum Gasteiger partial charge on any atom is -0.456 e. The summed E-state index contributed by atoms with van der Waals surface area (Å²) >= 11 is 1.79. The van der Waals surface area contributed by atoms with Gasteiger partial charge in [0.2, 0.25) is 5.89 Å². The molecule has 0 amide bonds. The number of aromatic nitrogens is 1. The Labute approximate surface area is 279 Å². The molecule has 0 saturated heterocycles. The number of rotatable bonds is 5. The van der Waals surface area contributed by atoms with Gasteiger partial charge in [-0.3, -0.25) is 0 Å². The van der Waals surface area contributed by atoms with Crippen molar-refractivity contribution in [1.82, 2.24) is 4.98 Å². The molecule has 0 aliphatic carbocycles. The van der Waals surface area contributed by atoms with Crippen molar-refractivity contribution < 1.29 is 8.83 Å². The van der Waals surface area contributed by atoms with E-state index in [4.69, 9.17) is 13.8 Å². The zero-order chi connectivity index (χ0) is 31.6. The van der Waals surface area contributed by atoms with Crippen LogP contribution >= 0.6 is 11.3 Å². The van der Waals surface area contributed by atoms with Gasteiger partial charge in [-0.15, -0.1) is 11.3 Å². The fraction of sp³-hybridized carbons (Fsp3) is 0. The van der Waals surface area contributed by atoms with Crippen LogP contribution in [0.4, 0.5) is 17.1 Å². The lowest BCUT2D eigenvalue weighted by Gasteiger charge is -2.27. The number of hydrogen-bond acceptors (Lipinski definition) is 5. The van der Waals surface area contributed by atoms with E-state index < -0.39 is 0 Å². The van der Waals surface area contributed by atoms with Crippen LogP contribution < -0.4 is 4.90 Å². The second kappa shape index (κ2) is 10.7. The van der Waals surface area contributed by atoms with Gasteiger partial charge in [0.15, 0.2) is 5.58 Å². The maximum atomic E-state index is 6.61. The molecule has 5 heteroatoms. The molecule has 7 aromatic carbocycles. The van der Waals surface area contributed by atoms with E-state index in [1.54, 1.807) is 11.3 Å². The summed E-state index contributed by atoms with van der Waals surface area (Å²) in [6, 6.07) is 54.8. The predicted molar refractivity (Wildman–Crippen MR) is 200 cm³/mol. The van der Waals surface area contributed by atoms with Crippen LogP contribution in [-0.4, -0.2) is 4.98 Å². The SMILES string of the molecule is c1ccc(-c2ccc(N(c3cc4oc(-c5ccccc5)nc4c4c3sc3ccccc34)c3cccc4oc5ccccc5c34)cc2)cc1. The highest BCUT2D eigenvalue weighted by atomic mass is 32.1. The van der Waals surface area contributed by atoms with Gasteiger partial charge in [0.25, 0.3) is 0 Å². The lowest BCUT2D eigenvalue weighted by Crippen LogP contribution is -2.10. The summed E-state index contributed by atoms with van der Waals surface area (Å²) in [6.45, 7) is 0. The van der Waals surface area contributed by atoms with E-state index in [-0.39, 0.29) is 0 Å². The maximum Gasteiger partial charge on any atom is 0.227 e. The van der Waals surface area contributed by atoms with E-state index in [9.17, 15) is 0 Å². The molecular weight excluding hydrogens is 609 g/mol. The highest BCUT2D eigenvalue weighted by Crippen LogP contribution is 2.50. The third kappa shape index (κ3) is 4.18. The Hall–Kier alpha value is -6.17. The van der Waals surface area contributed by atoms with E-state index in [0.29, 0.717) is 5.89 Å². The molecule has 0 aliphatic heterocycles. The van der Waals surface area contributed by atoms with Gasteiger partial charge in [-0.1, -0.05) is 103 Å². The molecule has 0 aliphatic rings. The third-order valence-electron chi connectivity index (χ3n) is 9.10. The molecule has 4 nitrogen and oxygen atoms in total. The van der Waals surface area contributed by atoms with Gasteiger partial charge in [0.05, 0.1) is 21.5 Å². The number of benzene rings is 7. The first-order valence-corrected chi connectivity index (χ1v) is 16.8. The largest absolute Gasteiger partial charge is 0.456 e. The average Bonchev–Trinajstić information content (AvgIpc) is 3.86. The molecule has 0 saturated carbocycles. The zero-order valence-electron chi connectivity index (χ0n) is 25.6. The Bertz CT molecular complexity index is 2780. The van der Waals surface area contributed by atoms with Crippen LogP contribution in [0.2, 0.25) is 0 Å². The highest BCUT2D eigenvalue weighted by Gasteiger charge is 2.25. The van der Waals surface area contributed by atoms with Gasteiger partial charge < -0.3 is 13.7 Å². The first kappa shape index (κ1) is 27.0. The fourth-order valence-electron chi connectivity index (χ4n) is 6.91. The molecule has 10 aromatic rings. The third-order valence-corrected chi connectivity index (χ3v) is 10.3. The number of anilines is 3. The smallest absolute Gasteiger partial charge is 0.227 e. The molecule has 0 fully saturated rings. The number of para-hydroxylation sites is 1. The summed E-state index contributed by atoms with van der Waals surface area (Å²) in [5, 5.41) is 4.42. The van der Waals surface area contributed by atoms with Crippen molar-refractivity contribution in [2.45, 2.75) is 0 Å². The molecule has 0 N–H and O–H groups in total. The van der Waals surface area contributed by atoms with Crippen LogP contribution in [0.3, 0.4) is 0 Å². The van der Waals surface area contributed by atoms with Gasteiger partial charge in [0, 0.05) is 38.2 Å². The molecule has 0 radical (unpaired) electrons. The van der Waals surface area contributed by atoms with Crippen molar-refractivity contribution >= 4 is 81.6 Å². The molecule has 3 heterocycles. The van der Waals surface area contributed by atoms with Gasteiger partial charge in [0.1, 0.15) is 16.7 Å². The fourth-order valence-corrected chi connectivity index (χ4v) is 8.12. The molecule has 10 rings (SSSR count). The van der Waals surface area contributed by atoms with Gasteiger partial charge in [-0.2, -0.15) is 0 Å². The Morgan fingerprint density at radius 3 is 1.96 bits per heavy atom. The van der Waals surface area contributed by atoms with E-state index in [0.717, 1.165) is 71.3 Å². The first-order chi connectivity index (χ1) is 23.8. The maximum absolute atomic E-state index is 6.61. The molecule has 226 valence electrons. The van der Waals surface area contributed by atoms with Crippen molar-refractivity contribution in [3.8, 4) is 22.6 Å². The zero-order valence-corrected chi connectivity index (χ0v) is 26.4. The number of hydrogen-bond donors (Lipinski definition) is 0. The normalized spacial score (nSPS) is 11.8. The summed E-state index contributed by atoms with van der Waals surface area (Å²) in [5.41, 5.74) is 9.72. The Kier molecular flexibility index (Phi) is 6.01. The minimum absolute atomic E-state index is 0.612. The quantitative estimate of drug-likeness (QED) is 0.189. The van der Waals surface area contributed by atoms with E-state index in [1.165, 1.54) is 15.6 Å². The Morgan fingerprint density at radius 1 is 0.479 bits per heavy atom. The molecule has 0 spiro atoms. The minimum atomic E-state index is 0.612. The number of nitrogens with zero attached hydrogens (tertiary/aromatic N) is 2. The summed E-state index contributed by atoms with van der Waals surface area (Å²) in [7, 11) is 0. The van der Waals surface area contributed by atoms with Crippen molar-refractivity contribution in [1.29, 1.82) is 0 Å². The van der Waals surface area contributed by atoms with Crippen molar-refractivity contribution in [2.75, 3.05) is 4.90 Å². The summed E-state index contributed by atoms with van der Waals surface area (Å²) in [4.78, 5) is 7.48. The van der Waals surface area contributed by atoms with Crippen LogP contribution in [0.5, 0.6) is 0 Å². The summed E-state index contributed by atoms with van der Waals surface area (Å²) < 4.78 is 15.4. The average molecular weight is 635 g/mol. The Balaban J connectivity index is 1.30. The predicted octanol–water partition coefficient (Wildman–Crippen LogP) is 12.9. The molecule has 3 aromatic heterocycles. The standard InChI is InChI=1S/C43H26N2O2S/c1-3-12-27(13-4-1)28-22-24-30(25-23-28)45(33-18-11-20-36-39(33)31-16-7-9-19-35(31)46-36)34-26-37-41(44-43(47-37)29-14-5-2-6-15-29)40-32-17-8-10-21-38(32)48-42(34)40/h1-26H. The monoisotopic (exact) mass is 634 g/mol. The van der Waals surface area contributed by atoms with E-state index in [2.05, 4.69) is 120 Å². The van der Waals surface area contributed by atoms with Crippen LogP contribution in [0.15, 0.2) is 167 Å². The van der Waals surface area contributed by atoms with Gasteiger partial charge in [-0.25, -0.2) is 4.98 Å². The lowest BCUT2D eigenvalue weighted by molar-refractivity contribution is 0.620. The van der Waals surface area contributed by atoms with Gasteiger partial charge >= 0.3 is 0 Å². The molecule has 48 heavy (non-hydrogen) atoms. The Morgan fingerprint density at radius 2 is 1.15 bits per heavy atom. The topological polar surface area (TPSA) is 42.4 Å². The highest BCUT2D eigenvalue weighted by molar-refractivity contribution is 7.26.